The summed E-state index contributed by atoms with van der Waals surface area (Å²) >= 11 is 0. The molecule has 0 aromatic rings. The molecule has 6 heteroatoms. The van der Waals surface area contributed by atoms with Gasteiger partial charge in [-0.3, -0.25) is 4.79 Å². The van der Waals surface area contributed by atoms with E-state index in [1.54, 1.807) is 0 Å². The van der Waals surface area contributed by atoms with E-state index in [9.17, 15) is 13.2 Å². The molecular weight excluding hydrogens is 240 g/mol. The largest absolute Gasteiger partial charge is 0.469 e. The van der Waals surface area contributed by atoms with Crippen molar-refractivity contribution in [3.8, 4) is 0 Å². The average Bonchev–Trinajstić information content (AvgIpc) is 2.15. The number of hydrogen-bond acceptors (Lipinski definition) is 4. The lowest BCUT2D eigenvalue weighted by Crippen LogP contribution is -2.18. The van der Waals surface area contributed by atoms with Gasteiger partial charge in [-0.2, -0.15) is 0 Å². The molecule has 0 aliphatic carbocycles. The molecule has 0 aliphatic heterocycles. The predicted octanol–water partition coefficient (Wildman–Crippen LogP) is 2.07. The van der Waals surface area contributed by atoms with Crippen LogP contribution in [0.2, 0.25) is 0 Å². The molecule has 0 amide bonds. The Morgan fingerprint density at radius 3 is 2.40 bits per heavy atom. The lowest BCUT2D eigenvalue weighted by molar-refractivity contribution is -0.140. The maximum atomic E-state index is 11.2. The zero-order valence-electron chi connectivity index (χ0n) is 9.03. The van der Waals surface area contributed by atoms with Gasteiger partial charge in [0.15, 0.2) is 0 Å². The fraction of sp³-hybridized carbons (Fsp3) is 0.889. The summed E-state index contributed by atoms with van der Waals surface area (Å²) in [5.74, 6) is -0.406. The van der Waals surface area contributed by atoms with E-state index < -0.39 is 20.3 Å². The Bertz CT molecular complexity index is 286. The van der Waals surface area contributed by atoms with E-state index in [1.165, 1.54) is 7.11 Å². The maximum absolute atomic E-state index is 11.2. The highest BCUT2D eigenvalue weighted by atomic mass is 35.7. The minimum absolute atomic E-state index is 0.0941. The fourth-order valence-electron chi connectivity index (χ4n) is 1.24. The molecule has 90 valence electrons. The monoisotopic (exact) mass is 256 g/mol. The molecule has 0 aliphatic rings. The Hall–Kier alpha value is -0.290. The quantitative estimate of drug-likeness (QED) is 0.517. The summed E-state index contributed by atoms with van der Waals surface area (Å²) in [7, 11) is 2.98. The van der Waals surface area contributed by atoms with Crippen LogP contribution in [0.4, 0.5) is 0 Å². The number of esters is 1. The molecule has 0 spiro atoms. The van der Waals surface area contributed by atoms with Gasteiger partial charge >= 0.3 is 5.97 Å². The van der Waals surface area contributed by atoms with Crippen LogP contribution >= 0.6 is 10.7 Å². The highest BCUT2D eigenvalue weighted by Crippen LogP contribution is 2.19. The van der Waals surface area contributed by atoms with Gasteiger partial charge in [0, 0.05) is 17.1 Å². The summed E-state index contributed by atoms with van der Waals surface area (Å²) in [4.78, 5) is 10.9. The van der Waals surface area contributed by atoms with Crippen molar-refractivity contribution in [2.75, 3.05) is 7.11 Å². The first-order valence-electron chi connectivity index (χ1n) is 4.92. The zero-order chi connectivity index (χ0) is 11.9. The molecule has 15 heavy (non-hydrogen) atoms. The van der Waals surface area contributed by atoms with Crippen LogP contribution in [0.3, 0.4) is 0 Å². The van der Waals surface area contributed by atoms with E-state index in [0.29, 0.717) is 6.42 Å². The minimum atomic E-state index is -3.58. The molecule has 0 saturated carbocycles. The van der Waals surface area contributed by atoms with Crippen molar-refractivity contribution in [3.05, 3.63) is 0 Å². The van der Waals surface area contributed by atoms with E-state index in [2.05, 4.69) is 4.74 Å². The van der Waals surface area contributed by atoms with Crippen molar-refractivity contribution in [2.24, 2.45) is 0 Å². The summed E-state index contributed by atoms with van der Waals surface area (Å²) < 4.78 is 26.7. The standard InChI is InChI=1S/C9H17ClO4S/c1-3-4-5-8(15(10,12)13)6-7-9(11)14-2/h8H,3-7H2,1-2H3. The van der Waals surface area contributed by atoms with Gasteiger partial charge in [-0.15, -0.1) is 0 Å². The van der Waals surface area contributed by atoms with Gasteiger partial charge in [-0.05, 0) is 12.8 Å². The lowest BCUT2D eigenvalue weighted by Gasteiger charge is -2.11. The molecule has 0 aromatic carbocycles. The lowest BCUT2D eigenvalue weighted by atomic mass is 10.1. The number of hydrogen-bond donors (Lipinski definition) is 0. The Morgan fingerprint density at radius 1 is 1.40 bits per heavy atom. The van der Waals surface area contributed by atoms with Gasteiger partial charge in [0.1, 0.15) is 0 Å². The molecule has 0 radical (unpaired) electrons. The van der Waals surface area contributed by atoms with E-state index in [-0.39, 0.29) is 12.8 Å². The fourth-order valence-corrected chi connectivity index (χ4v) is 2.62. The van der Waals surface area contributed by atoms with Crippen molar-refractivity contribution in [1.29, 1.82) is 0 Å². The van der Waals surface area contributed by atoms with Crippen LogP contribution in [0.1, 0.15) is 39.0 Å². The van der Waals surface area contributed by atoms with Gasteiger partial charge in [0.25, 0.3) is 0 Å². The molecule has 4 nitrogen and oxygen atoms in total. The van der Waals surface area contributed by atoms with Gasteiger partial charge in [-0.1, -0.05) is 19.8 Å². The summed E-state index contributed by atoms with van der Waals surface area (Å²) in [5.41, 5.74) is 0. The summed E-state index contributed by atoms with van der Waals surface area (Å²) in [6.45, 7) is 1.97. The normalized spacial score (nSPS) is 13.5. The van der Waals surface area contributed by atoms with Crippen LogP contribution in [-0.2, 0) is 18.6 Å². The predicted molar refractivity (Wildman–Crippen MR) is 59.3 cm³/mol. The third-order valence-corrected chi connectivity index (χ3v) is 4.20. The zero-order valence-corrected chi connectivity index (χ0v) is 10.6. The highest BCUT2D eigenvalue weighted by Gasteiger charge is 2.23. The van der Waals surface area contributed by atoms with Crippen molar-refractivity contribution in [3.63, 3.8) is 0 Å². The second kappa shape index (κ2) is 7.06. The van der Waals surface area contributed by atoms with Crippen LogP contribution in [0, 0.1) is 0 Å². The molecule has 0 heterocycles. The Morgan fingerprint density at radius 2 is 2.00 bits per heavy atom. The summed E-state index contributed by atoms with van der Waals surface area (Å²) in [6, 6.07) is 0. The van der Waals surface area contributed by atoms with Crippen LogP contribution in [-0.4, -0.2) is 26.7 Å². The molecule has 0 N–H and O–H groups in total. The first-order valence-corrected chi connectivity index (χ1v) is 7.29. The summed E-state index contributed by atoms with van der Waals surface area (Å²) in [6.07, 6.45) is 2.52. The Balaban J connectivity index is 4.20. The second-order valence-corrected chi connectivity index (χ2v) is 6.26. The molecule has 0 saturated heterocycles. The topological polar surface area (TPSA) is 60.4 Å². The van der Waals surface area contributed by atoms with Crippen molar-refractivity contribution >= 4 is 25.7 Å². The van der Waals surface area contributed by atoms with Crippen molar-refractivity contribution in [1.82, 2.24) is 0 Å². The minimum Gasteiger partial charge on any atom is -0.469 e. The SMILES string of the molecule is CCCCC(CCC(=O)OC)S(=O)(=O)Cl. The molecule has 1 unspecified atom stereocenters. The first kappa shape index (κ1) is 14.7. The summed E-state index contributed by atoms with van der Waals surface area (Å²) in [5, 5.41) is -0.641. The Labute approximate surface area is 95.4 Å². The van der Waals surface area contributed by atoms with Crippen LogP contribution < -0.4 is 0 Å². The molecule has 0 fully saturated rings. The molecule has 0 bridgehead atoms. The third-order valence-electron chi connectivity index (χ3n) is 2.18. The molecule has 0 rings (SSSR count). The number of ether oxygens (including phenoxy) is 1. The number of carbonyl (C=O) groups is 1. The smallest absolute Gasteiger partial charge is 0.305 e. The second-order valence-electron chi connectivity index (χ2n) is 3.35. The highest BCUT2D eigenvalue weighted by molar-refractivity contribution is 8.14. The van der Waals surface area contributed by atoms with Crippen molar-refractivity contribution < 1.29 is 17.9 Å². The molecule has 0 aromatic heterocycles. The average molecular weight is 257 g/mol. The van der Waals surface area contributed by atoms with Gasteiger partial charge in [0.2, 0.25) is 9.05 Å². The first-order chi connectivity index (χ1) is 6.91. The number of rotatable bonds is 7. The van der Waals surface area contributed by atoms with Crippen molar-refractivity contribution in [2.45, 2.75) is 44.3 Å². The number of methoxy groups -OCH3 is 1. The van der Waals surface area contributed by atoms with Gasteiger partial charge in [-0.25, -0.2) is 8.42 Å². The van der Waals surface area contributed by atoms with Crippen LogP contribution in [0.15, 0.2) is 0 Å². The van der Waals surface area contributed by atoms with Crippen LogP contribution in [0.25, 0.3) is 0 Å². The van der Waals surface area contributed by atoms with E-state index in [1.807, 2.05) is 6.92 Å². The third kappa shape index (κ3) is 6.73. The number of carbonyl (C=O) groups excluding carboxylic acids is 1. The van der Waals surface area contributed by atoms with Gasteiger partial charge in [0.05, 0.1) is 12.4 Å². The van der Waals surface area contributed by atoms with E-state index in [0.717, 1.165) is 12.8 Å². The van der Waals surface area contributed by atoms with E-state index >= 15 is 0 Å². The van der Waals surface area contributed by atoms with Gasteiger partial charge < -0.3 is 4.74 Å². The number of unbranched alkanes of at least 4 members (excludes halogenated alkanes) is 1. The number of halogens is 1. The van der Waals surface area contributed by atoms with Crippen LogP contribution in [0.5, 0.6) is 0 Å². The van der Waals surface area contributed by atoms with E-state index in [4.69, 9.17) is 10.7 Å². The molecule has 1 atom stereocenters. The molecular formula is C9H17ClO4S. The maximum Gasteiger partial charge on any atom is 0.305 e. The Kier molecular flexibility index (Phi) is 6.92.